The van der Waals surface area contributed by atoms with E-state index in [0.29, 0.717) is 38.6 Å². The molecule has 3 N–H and O–H groups in total. The van der Waals surface area contributed by atoms with Crippen LogP contribution in [0.25, 0.3) is 11.3 Å². The lowest BCUT2D eigenvalue weighted by molar-refractivity contribution is -0.210. The number of carbonyl (C=O) groups excluding carboxylic acids is 1. The highest BCUT2D eigenvalue weighted by Crippen LogP contribution is 2.41. The van der Waals surface area contributed by atoms with Crippen LogP contribution in [0.1, 0.15) is 51.5 Å². The van der Waals surface area contributed by atoms with E-state index < -0.39 is 60.4 Å². The van der Waals surface area contributed by atoms with Crippen molar-refractivity contribution in [3.05, 3.63) is 35.0 Å². The topological polar surface area (TPSA) is 150 Å². The molecule has 1 spiro atoms. The third-order valence-corrected chi connectivity index (χ3v) is 8.42. The van der Waals surface area contributed by atoms with E-state index in [1.54, 1.807) is 0 Å². The number of hydrogen-bond donors (Lipinski definition) is 3. The number of benzene rings is 1. The number of halogens is 3. The Labute approximate surface area is 245 Å². The number of oxime groups is 1. The van der Waals surface area contributed by atoms with Gasteiger partial charge in [0.1, 0.15) is 41.8 Å². The van der Waals surface area contributed by atoms with Crippen molar-refractivity contribution in [2.45, 2.75) is 87.6 Å². The number of carbonyl (C=O) groups is 1. The second-order valence-electron chi connectivity index (χ2n) is 10.8. The molecule has 3 heterocycles. The molecule has 1 amide bonds. The minimum Gasteiger partial charge on any atom is -0.446 e. The molecule has 2 aromatic rings. The van der Waals surface area contributed by atoms with Crippen LogP contribution in [0.4, 0.5) is 13.6 Å². The van der Waals surface area contributed by atoms with Crippen LogP contribution in [-0.4, -0.2) is 93.4 Å². The Bertz CT molecular complexity index is 1310. The lowest BCUT2D eigenvalue weighted by Gasteiger charge is -2.43. The molecule has 15 heteroatoms. The van der Waals surface area contributed by atoms with Gasteiger partial charge in [0.2, 0.25) is 0 Å². The van der Waals surface area contributed by atoms with E-state index in [0.717, 1.165) is 5.71 Å². The SMILES string of the molecule is CCNC(=O)OC1CCC2(CC1)CC(C[C@H]1O[C@H](CO)[C@H](O)[C@H](n3cc(-c4ccc(Cl)c(F)c4F)nn3)[C@H]1OC)=NO2. The first-order valence-electron chi connectivity index (χ1n) is 13.9. The van der Waals surface area contributed by atoms with E-state index in [9.17, 15) is 23.8 Å². The molecule has 12 nitrogen and oxygen atoms in total. The van der Waals surface area contributed by atoms with Crippen LogP contribution in [0.15, 0.2) is 23.5 Å². The van der Waals surface area contributed by atoms with Crippen LogP contribution in [0.2, 0.25) is 5.02 Å². The molecule has 1 saturated carbocycles. The molecule has 42 heavy (non-hydrogen) atoms. The van der Waals surface area contributed by atoms with Gasteiger partial charge in [0.15, 0.2) is 11.6 Å². The van der Waals surface area contributed by atoms with E-state index in [1.165, 1.54) is 30.1 Å². The average molecular weight is 614 g/mol. The number of aliphatic hydroxyl groups is 2. The zero-order valence-electron chi connectivity index (χ0n) is 23.2. The van der Waals surface area contributed by atoms with Crippen molar-refractivity contribution in [3.63, 3.8) is 0 Å². The molecule has 2 aliphatic heterocycles. The van der Waals surface area contributed by atoms with Crippen LogP contribution in [0.3, 0.4) is 0 Å². The number of hydrogen-bond acceptors (Lipinski definition) is 10. The fourth-order valence-electron chi connectivity index (χ4n) is 5.98. The maximum atomic E-state index is 14.6. The number of aliphatic hydroxyl groups excluding tert-OH is 2. The molecule has 3 aliphatic rings. The molecule has 0 unspecified atom stereocenters. The number of rotatable bonds is 8. The van der Waals surface area contributed by atoms with Gasteiger partial charge in [0.25, 0.3) is 0 Å². The van der Waals surface area contributed by atoms with Gasteiger partial charge in [-0.1, -0.05) is 22.0 Å². The van der Waals surface area contributed by atoms with E-state index in [-0.39, 0.29) is 28.8 Å². The second-order valence-corrected chi connectivity index (χ2v) is 11.2. The summed E-state index contributed by atoms with van der Waals surface area (Å²) in [5, 5.41) is 35.8. The predicted molar refractivity (Wildman–Crippen MR) is 145 cm³/mol. The molecule has 0 bridgehead atoms. The normalized spacial score (nSPS) is 31.1. The van der Waals surface area contributed by atoms with Crippen LogP contribution < -0.4 is 5.32 Å². The van der Waals surface area contributed by atoms with Gasteiger partial charge >= 0.3 is 6.09 Å². The number of amides is 1. The summed E-state index contributed by atoms with van der Waals surface area (Å²) in [4.78, 5) is 17.7. The van der Waals surface area contributed by atoms with E-state index in [4.69, 9.17) is 30.6 Å². The third kappa shape index (κ3) is 6.09. The zero-order chi connectivity index (χ0) is 30.0. The quantitative estimate of drug-likeness (QED) is 0.382. The Morgan fingerprint density at radius 3 is 2.71 bits per heavy atom. The summed E-state index contributed by atoms with van der Waals surface area (Å²) in [5.74, 6) is -2.38. The maximum Gasteiger partial charge on any atom is 0.407 e. The van der Waals surface area contributed by atoms with Gasteiger partial charge in [-0.3, -0.25) is 0 Å². The number of alkyl carbamates (subject to hydrolysis) is 1. The lowest BCUT2D eigenvalue weighted by atomic mass is 9.79. The largest absolute Gasteiger partial charge is 0.446 e. The molecule has 5 atom stereocenters. The number of nitrogens with one attached hydrogen (secondary N) is 1. The third-order valence-electron chi connectivity index (χ3n) is 8.13. The molecule has 1 saturated heterocycles. The molecule has 5 rings (SSSR count). The Morgan fingerprint density at radius 2 is 2.02 bits per heavy atom. The Morgan fingerprint density at radius 1 is 1.26 bits per heavy atom. The van der Waals surface area contributed by atoms with Crippen molar-refractivity contribution in [2.24, 2.45) is 5.16 Å². The smallest absolute Gasteiger partial charge is 0.407 e. The molecule has 1 aromatic heterocycles. The molecule has 1 aliphatic carbocycles. The van der Waals surface area contributed by atoms with Gasteiger partial charge in [-0.25, -0.2) is 18.3 Å². The van der Waals surface area contributed by atoms with Gasteiger partial charge in [0, 0.05) is 32.1 Å². The van der Waals surface area contributed by atoms with Crippen LogP contribution in [-0.2, 0) is 19.0 Å². The van der Waals surface area contributed by atoms with Crippen molar-refractivity contribution < 1.29 is 42.8 Å². The summed E-state index contributed by atoms with van der Waals surface area (Å²) in [6.45, 7) is 1.84. The summed E-state index contributed by atoms with van der Waals surface area (Å²) in [6, 6.07) is 1.62. The Kier molecular flexibility index (Phi) is 9.28. The average Bonchev–Trinajstić information content (AvgIpc) is 3.61. The Hall–Kier alpha value is -2.91. The van der Waals surface area contributed by atoms with Crippen molar-refractivity contribution in [3.8, 4) is 11.3 Å². The van der Waals surface area contributed by atoms with Gasteiger partial charge in [-0.15, -0.1) is 5.10 Å². The first-order chi connectivity index (χ1) is 20.2. The van der Waals surface area contributed by atoms with E-state index in [1.807, 2.05) is 6.92 Å². The Balaban J connectivity index is 1.29. The van der Waals surface area contributed by atoms with Crippen molar-refractivity contribution in [1.82, 2.24) is 20.3 Å². The molecular formula is C27H34ClF2N5O7. The first kappa shape index (κ1) is 30.5. The van der Waals surface area contributed by atoms with Gasteiger partial charge < -0.3 is 34.6 Å². The van der Waals surface area contributed by atoms with Crippen LogP contribution >= 0.6 is 11.6 Å². The predicted octanol–water partition coefficient (Wildman–Crippen LogP) is 3.15. The van der Waals surface area contributed by atoms with Gasteiger partial charge in [-0.05, 0) is 44.7 Å². The molecule has 0 radical (unpaired) electrons. The standard InChI is InChI=1S/C27H34ClF2N5O7/c1-3-31-26(38)40-15-6-8-27(9-7-15)11-14(33-42-27)10-19-25(39-2)23(24(37)20(13-36)41-19)35-12-18(32-34-35)16-4-5-17(28)22(30)21(16)29/h4-5,12,15,19-20,23-25,36-37H,3,6-11,13H2,1-2H3,(H,31,38)/t15?,19-,20-,23+,24+,25+,27?/m1/s1. The summed E-state index contributed by atoms with van der Waals surface area (Å²) in [7, 11) is 1.45. The number of nitrogens with zero attached hydrogens (tertiary/aromatic N) is 4. The fraction of sp³-hybridized carbons (Fsp3) is 0.630. The van der Waals surface area contributed by atoms with Gasteiger partial charge in [0.05, 0.1) is 29.6 Å². The monoisotopic (exact) mass is 613 g/mol. The molecule has 1 aromatic carbocycles. The minimum atomic E-state index is -1.26. The highest BCUT2D eigenvalue weighted by Gasteiger charge is 2.49. The van der Waals surface area contributed by atoms with E-state index >= 15 is 0 Å². The number of methoxy groups -OCH3 is 1. The number of aromatic nitrogens is 3. The highest BCUT2D eigenvalue weighted by atomic mass is 35.5. The summed E-state index contributed by atoms with van der Waals surface area (Å²) in [5.41, 5.74) is 0.107. The summed E-state index contributed by atoms with van der Waals surface area (Å²) in [6.07, 6.45) is 0.527. The van der Waals surface area contributed by atoms with E-state index in [2.05, 4.69) is 20.8 Å². The second kappa shape index (κ2) is 12.8. The van der Waals surface area contributed by atoms with Crippen molar-refractivity contribution >= 4 is 23.4 Å². The fourth-order valence-corrected chi connectivity index (χ4v) is 6.13. The first-order valence-corrected chi connectivity index (χ1v) is 14.3. The zero-order valence-corrected chi connectivity index (χ0v) is 24.0. The molecular weight excluding hydrogens is 580 g/mol. The van der Waals surface area contributed by atoms with Crippen molar-refractivity contribution in [1.29, 1.82) is 0 Å². The maximum absolute atomic E-state index is 14.6. The summed E-state index contributed by atoms with van der Waals surface area (Å²) >= 11 is 5.68. The molecule has 2 fully saturated rings. The minimum absolute atomic E-state index is 0.0241. The number of ether oxygens (including phenoxy) is 3. The highest BCUT2D eigenvalue weighted by molar-refractivity contribution is 6.30. The lowest BCUT2D eigenvalue weighted by Crippen LogP contribution is -2.57. The van der Waals surface area contributed by atoms with Crippen LogP contribution in [0, 0.1) is 11.6 Å². The molecule has 230 valence electrons. The summed E-state index contributed by atoms with van der Waals surface area (Å²) < 4.78 is 47.2. The van der Waals surface area contributed by atoms with Crippen molar-refractivity contribution in [2.75, 3.05) is 20.3 Å². The van der Waals surface area contributed by atoms with Gasteiger partial charge in [-0.2, -0.15) is 0 Å². The van der Waals surface area contributed by atoms with Crippen LogP contribution in [0.5, 0.6) is 0 Å².